The maximum absolute atomic E-state index is 12.6. The van der Waals surface area contributed by atoms with Crippen molar-refractivity contribution in [1.29, 1.82) is 0 Å². The lowest BCUT2D eigenvalue weighted by Gasteiger charge is -2.36. The van der Waals surface area contributed by atoms with Crippen molar-refractivity contribution in [3.8, 4) is 0 Å². The number of nitrogens with zero attached hydrogens (tertiary/aromatic N) is 1. The quantitative estimate of drug-likeness (QED) is 0.688. The van der Waals surface area contributed by atoms with Gasteiger partial charge in [-0.1, -0.05) is 13.3 Å². The Labute approximate surface area is 128 Å². The Morgan fingerprint density at radius 2 is 2.00 bits per heavy atom. The third kappa shape index (κ3) is 4.94. The van der Waals surface area contributed by atoms with Crippen LogP contribution >= 0.6 is 0 Å². The third-order valence-electron chi connectivity index (χ3n) is 4.81. The Bertz CT molecular complexity index is 305. The first-order valence-electron chi connectivity index (χ1n) is 8.56. The van der Waals surface area contributed by atoms with Crippen molar-refractivity contribution in [3.63, 3.8) is 0 Å². The molecule has 0 bridgehead atoms. The standard InChI is InChI=1S/C16H31N3O2/c1-2-4-16(5-8-17-9-6-16)15(20)18-7-3-10-19-11-13-21-14-12-19/h17H,2-14H2,1H3,(H,18,20). The Balaban J connectivity index is 1.69. The summed E-state index contributed by atoms with van der Waals surface area (Å²) in [5.41, 5.74) is -0.112. The van der Waals surface area contributed by atoms with Gasteiger partial charge in [-0.2, -0.15) is 0 Å². The monoisotopic (exact) mass is 297 g/mol. The lowest BCUT2D eigenvalue weighted by atomic mass is 9.74. The lowest BCUT2D eigenvalue weighted by Crippen LogP contribution is -2.48. The fourth-order valence-electron chi connectivity index (χ4n) is 3.49. The van der Waals surface area contributed by atoms with Crippen LogP contribution in [-0.2, 0) is 9.53 Å². The molecule has 1 amide bonds. The zero-order valence-electron chi connectivity index (χ0n) is 13.5. The van der Waals surface area contributed by atoms with Crippen LogP contribution in [0.1, 0.15) is 39.0 Å². The molecule has 2 aliphatic heterocycles. The van der Waals surface area contributed by atoms with Crippen molar-refractivity contribution in [2.45, 2.75) is 39.0 Å². The molecule has 0 aromatic carbocycles. The molecule has 0 aliphatic carbocycles. The lowest BCUT2D eigenvalue weighted by molar-refractivity contribution is -0.133. The summed E-state index contributed by atoms with van der Waals surface area (Å²) in [5.74, 6) is 0.285. The molecule has 0 spiro atoms. The van der Waals surface area contributed by atoms with Gasteiger partial charge in [0.25, 0.3) is 0 Å². The van der Waals surface area contributed by atoms with E-state index < -0.39 is 0 Å². The van der Waals surface area contributed by atoms with Crippen LogP contribution in [0.4, 0.5) is 0 Å². The maximum atomic E-state index is 12.6. The average Bonchev–Trinajstić information content (AvgIpc) is 2.53. The molecule has 0 atom stereocenters. The topological polar surface area (TPSA) is 53.6 Å². The summed E-state index contributed by atoms with van der Waals surface area (Å²) in [6, 6.07) is 0. The molecule has 0 aromatic heterocycles. The maximum Gasteiger partial charge on any atom is 0.226 e. The van der Waals surface area contributed by atoms with E-state index in [1.54, 1.807) is 0 Å². The van der Waals surface area contributed by atoms with Crippen molar-refractivity contribution in [2.24, 2.45) is 5.41 Å². The van der Waals surface area contributed by atoms with Gasteiger partial charge in [-0.3, -0.25) is 9.69 Å². The van der Waals surface area contributed by atoms with Gasteiger partial charge in [-0.25, -0.2) is 0 Å². The summed E-state index contributed by atoms with van der Waals surface area (Å²) >= 11 is 0. The molecule has 2 rings (SSSR count). The highest BCUT2D eigenvalue weighted by atomic mass is 16.5. The molecule has 122 valence electrons. The fraction of sp³-hybridized carbons (Fsp3) is 0.938. The highest BCUT2D eigenvalue weighted by molar-refractivity contribution is 5.82. The van der Waals surface area contributed by atoms with Gasteiger partial charge in [0.05, 0.1) is 18.6 Å². The largest absolute Gasteiger partial charge is 0.379 e. The van der Waals surface area contributed by atoms with Crippen molar-refractivity contribution in [3.05, 3.63) is 0 Å². The molecule has 2 saturated heterocycles. The van der Waals surface area contributed by atoms with Crippen molar-refractivity contribution in [2.75, 3.05) is 52.5 Å². The van der Waals surface area contributed by atoms with Crippen LogP contribution < -0.4 is 10.6 Å². The molecule has 21 heavy (non-hydrogen) atoms. The number of carbonyl (C=O) groups excluding carboxylic acids is 1. The van der Waals surface area contributed by atoms with E-state index in [1.165, 1.54) is 0 Å². The minimum Gasteiger partial charge on any atom is -0.379 e. The fourth-order valence-corrected chi connectivity index (χ4v) is 3.49. The van der Waals surface area contributed by atoms with Gasteiger partial charge in [0.2, 0.25) is 5.91 Å². The summed E-state index contributed by atoms with van der Waals surface area (Å²) in [4.78, 5) is 15.0. The molecule has 2 N–H and O–H groups in total. The Morgan fingerprint density at radius 1 is 1.29 bits per heavy atom. The summed E-state index contributed by atoms with van der Waals surface area (Å²) < 4.78 is 5.35. The number of amides is 1. The highest BCUT2D eigenvalue weighted by Crippen LogP contribution is 2.34. The van der Waals surface area contributed by atoms with E-state index in [0.29, 0.717) is 0 Å². The molecular formula is C16H31N3O2. The molecule has 2 aliphatic rings. The van der Waals surface area contributed by atoms with Gasteiger partial charge < -0.3 is 15.4 Å². The van der Waals surface area contributed by atoms with Crippen molar-refractivity contribution >= 4 is 5.91 Å². The number of hydrogen-bond donors (Lipinski definition) is 2. The molecular weight excluding hydrogens is 266 g/mol. The van der Waals surface area contributed by atoms with Gasteiger partial charge in [0.1, 0.15) is 0 Å². The van der Waals surface area contributed by atoms with E-state index in [-0.39, 0.29) is 11.3 Å². The van der Waals surface area contributed by atoms with Crippen molar-refractivity contribution < 1.29 is 9.53 Å². The Kier molecular flexibility index (Phi) is 6.93. The first kappa shape index (κ1) is 16.7. The number of nitrogens with one attached hydrogen (secondary N) is 2. The molecule has 0 unspecified atom stereocenters. The van der Waals surface area contributed by atoms with E-state index in [9.17, 15) is 4.79 Å². The number of carbonyl (C=O) groups is 1. The van der Waals surface area contributed by atoms with Crippen LogP contribution in [0.2, 0.25) is 0 Å². The molecule has 2 fully saturated rings. The van der Waals surface area contributed by atoms with E-state index in [0.717, 1.165) is 84.6 Å². The summed E-state index contributed by atoms with van der Waals surface area (Å²) in [6.45, 7) is 9.73. The Morgan fingerprint density at radius 3 is 2.67 bits per heavy atom. The smallest absolute Gasteiger partial charge is 0.226 e. The molecule has 2 heterocycles. The molecule has 0 saturated carbocycles. The van der Waals surface area contributed by atoms with Gasteiger partial charge in [0, 0.05) is 19.6 Å². The summed E-state index contributed by atoms with van der Waals surface area (Å²) in [7, 11) is 0. The van der Waals surface area contributed by atoms with E-state index in [2.05, 4.69) is 22.5 Å². The van der Waals surface area contributed by atoms with Gasteiger partial charge in [-0.05, 0) is 45.3 Å². The van der Waals surface area contributed by atoms with Crippen LogP contribution in [0.5, 0.6) is 0 Å². The van der Waals surface area contributed by atoms with Gasteiger partial charge in [0.15, 0.2) is 0 Å². The second-order valence-electron chi connectivity index (χ2n) is 6.34. The van der Waals surface area contributed by atoms with E-state index in [1.807, 2.05) is 0 Å². The second-order valence-corrected chi connectivity index (χ2v) is 6.34. The van der Waals surface area contributed by atoms with Crippen LogP contribution in [0.25, 0.3) is 0 Å². The minimum atomic E-state index is -0.112. The zero-order chi connectivity index (χ0) is 15.0. The van der Waals surface area contributed by atoms with Crippen LogP contribution in [0, 0.1) is 5.41 Å². The number of morpholine rings is 1. The van der Waals surface area contributed by atoms with E-state index >= 15 is 0 Å². The highest BCUT2D eigenvalue weighted by Gasteiger charge is 2.38. The van der Waals surface area contributed by atoms with Crippen LogP contribution in [-0.4, -0.2) is 63.3 Å². The zero-order valence-corrected chi connectivity index (χ0v) is 13.5. The third-order valence-corrected chi connectivity index (χ3v) is 4.81. The predicted octanol–water partition coefficient (Wildman–Crippen LogP) is 0.995. The molecule has 5 nitrogen and oxygen atoms in total. The number of ether oxygens (including phenoxy) is 1. The number of rotatable bonds is 7. The van der Waals surface area contributed by atoms with E-state index in [4.69, 9.17) is 4.74 Å². The van der Waals surface area contributed by atoms with Gasteiger partial charge >= 0.3 is 0 Å². The first-order chi connectivity index (χ1) is 10.3. The summed E-state index contributed by atoms with van der Waals surface area (Å²) in [6.07, 6.45) is 5.10. The summed E-state index contributed by atoms with van der Waals surface area (Å²) in [5, 5.41) is 6.56. The van der Waals surface area contributed by atoms with Crippen molar-refractivity contribution in [1.82, 2.24) is 15.5 Å². The molecule has 0 aromatic rings. The van der Waals surface area contributed by atoms with Crippen LogP contribution in [0.15, 0.2) is 0 Å². The molecule has 0 radical (unpaired) electrons. The SMILES string of the molecule is CCCC1(C(=O)NCCCN2CCOCC2)CCNCC1. The molecule has 5 heteroatoms. The Hall–Kier alpha value is -0.650. The number of piperidine rings is 1. The number of hydrogen-bond acceptors (Lipinski definition) is 4. The van der Waals surface area contributed by atoms with Gasteiger partial charge in [-0.15, -0.1) is 0 Å². The normalized spacial score (nSPS) is 22.9. The second kappa shape index (κ2) is 8.71. The first-order valence-corrected chi connectivity index (χ1v) is 8.56. The van der Waals surface area contributed by atoms with Crippen LogP contribution in [0.3, 0.4) is 0 Å². The average molecular weight is 297 g/mol. The predicted molar refractivity (Wildman–Crippen MR) is 84.3 cm³/mol. The minimum absolute atomic E-state index is 0.112.